The van der Waals surface area contributed by atoms with Crippen LogP contribution in [-0.2, 0) is 0 Å². The summed E-state index contributed by atoms with van der Waals surface area (Å²) in [6.07, 6.45) is 10.5. The molecule has 2 aromatic rings. The van der Waals surface area contributed by atoms with Crippen LogP contribution in [0.5, 0.6) is 0 Å². The molecule has 0 atom stereocenters. The molecule has 0 aromatic heterocycles. The maximum Gasteiger partial charge on any atom is 0.159 e. The van der Waals surface area contributed by atoms with Crippen molar-refractivity contribution in [3.8, 4) is 23.0 Å². The van der Waals surface area contributed by atoms with Gasteiger partial charge in [0.15, 0.2) is 11.6 Å². The van der Waals surface area contributed by atoms with Gasteiger partial charge >= 0.3 is 0 Å². The van der Waals surface area contributed by atoms with E-state index in [1.165, 1.54) is 57.4 Å². The van der Waals surface area contributed by atoms with Gasteiger partial charge in [-0.25, -0.2) is 8.78 Å². The predicted molar refractivity (Wildman–Crippen MR) is 108 cm³/mol. The summed E-state index contributed by atoms with van der Waals surface area (Å²) in [6.45, 7) is 2.26. The number of benzene rings is 2. The van der Waals surface area contributed by atoms with Crippen molar-refractivity contribution in [1.29, 1.82) is 0 Å². The Morgan fingerprint density at radius 1 is 0.852 bits per heavy atom. The molecule has 0 N–H and O–H groups in total. The van der Waals surface area contributed by atoms with Gasteiger partial charge < -0.3 is 0 Å². The minimum atomic E-state index is -0.818. The number of rotatable bonds is 5. The van der Waals surface area contributed by atoms with Crippen LogP contribution in [0.4, 0.5) is 8.78 Å². The largest absolute Gasteiger partial charge is 0.204 e. The minimum Gasteiger partial charge on any atom is -0.204 e. The molecule has 1 aliphatic rings. The normalized spacial score (nSPS) is 19.4. The number of unbranched alkanes of at least 4 members (excludes halogenated alkanes) is 2. The first-order valence-corrected chi connectivity index (χ1v) is 10.2. The third kappa shape index (κ3) is 5.67. The molecule has 2 heteroatoms. The van der Waals surface area contributed by atoms with Gasteiger partial charge in [0.05, 0.1) is 0 Å². The first kappa shape index (κ1) is 19.6. The van der Waals surface area contributed by atoms with Gasteiger partial charge in [0, 0.05) is 11.5 Å². The van der Waals surface area contributed by atoms with Gasteiger partial charge in [-0.3, -0.25) is 0 Å². The van der Waals surface area contributed by atoms with Gasteiger partial charge in [0.1, 0.15) is 0 Å². The zero-order valence-corrected chi connectivity index (χ0v) is 16.1. The molecular weight excluding hydrogens is 338 g/mol. The van der Waals surface area contributed by atoms with Gasteiger partial charge in [-0.05, 0) is 67.0 Å². The highest BCUT2D eigenvalue weighted by molar-refractivity contribution is 5.64. The summed E-state index contributed by atoms with van der Waals surface area (Å²) >= 11 is 0. The molecule has 27 heavy (non-hydrogen) atoms. The molecule has 1 fully saturated rings. The Balaban J connectivity index is 1.54. The second kappa shape index (κ2) is 9.70. The van der Waals surface area contributed by atoms with Crippen molar-refractivity contribution in [2.75, 3.05) is 0 Å². The van der Waals surface area contributed by atoms with Crippen molar-refractivity contribution in [3.63, 3.8) is 0 Å². The molecule has 2 aromatic carbocycles. The summed E-state index contributed by atoms with van der Waals surface area (Å²) in [5.74, 6) is 6.52. The van der Waals surface area contributed by atoms with E-state index in [2.05, 4.69) is 18.8 Å². The molecule has 0 saturated heterocycles. The van der Waals surface area contributed by atoms with Crippen molar-refractivity contribution < 1.29 is 8.78 Å². The van der Waals surface area contributed by atoms with Crippen molar-refractivity contribution in [2.24, 2.45) is 11.8 Å². The van der Waals surface area contributed by atoms with Crippen LogP contribution >= 0.6 is 0 Å². The molecule has 1 saturated carbocycles. The van der Waals surface area contributed by atoms with E-state index in [1.54, 1.807) is 6.07 Å². The van der Waals surface area contributed by atoms with Crippen LogP contribution < -0.4 is 0 Å². The minimum absolute atomic E-state index is 0.512. The Morgan fingerprint density at radius 3 is 2.22 bits per heavy atom. The SMILES string of the molecule is CCCCCC1CCC(C#Cc2ccc(-c3ccc(F)c(F)c3)cc2)CC1. The van der Waals surface area contributed by atoms with E-state index in [0.29, 0.717) is 11.5 Å². The smallest absolute Gasteiger partial charge is 0.159 e. The van der Waals surface area contributed by atoms with Crippen LogP contribution in [0, 0.1) is 35.3 Å². The molecule has 0 bridgehead atoms. The molecule has 0 spiro atoms. The third-order valence-corrected chi connectivity index (χ3v) is 5.62. The van der Waals surface area contributed by atoms with E-state index >= 15 is 0 Å². The van der Waals surface area contributed by atoms with E-state index in [-0.39, 0.29) is 0 Å². The van der Waals surface area contributed by atoms with E-state index in [4.69, 9.17) is 0 Å². The average Bonchev–Trinajstić information content (AvgIpc) is 2.70. The standard InChI is InChI=1S/C25H28F2/c1-2-3-4-5-19-6-8-20(9-7-19)10-11-21-12-14-22(15-13-21)23-16-17-24(26)25(27)18-23/h12-20H,2-9H2,1H3. The lowest BCUT2D eigenvalue weighted by Gasteiger charge is -2.25. The van der Waals surface area contributed by atoms with Crippen LogP contribution in [0.15, 0.2) is 42.5 Å². The van der Waals surface area contributed by atoms with Gasteiger partial charge in [0.25, 0.3) is 0 Å². The zero-order valence-electron chi connectivity index (χ0n) is 16.1. The first-order valence-electron chi connectivity index (χ1n) is 10.2. The quantitative estimate of drug-likeness (QED) is 0.383. The molecule has 0 amide bonds. The Hall–Kier alpha value is -2.14. The van der Waals surface area contributed by atoms with Crippen LogP contribution in [0.1, 0.15) is 63.9 Å². The van der Waals surface area contributed by atoms with E-state index in [9.17, 15) is 8.78 Å². The summed E-state index contributed by atoms with van der Waals surface area (Å²) in [5.41, 5.74) is 2.52. The van der Waals surface area contributed by atoms with Gasteiger partial charge in [0.2, 0.25) is 0 Å². The van der Waals surface area contributed by atoms with Crippen molar-refractivity contribution in [1.82, 2.24) is 0 Å². The lowest BCUT2D eigenvalue weighted by atomic mass is 9.80. The Kier molecular flexibility index (Phi) is 7.04. The maximum absolute atomic E-state index is 13.4. The summed E-state index contributed by atoms with van der Waals surface area (Å²) in [7, 11) is 0. The lowest BCUT2D eigenvalue weighted by Crippen LogP contribution is -2.13. The van der Waals surface area contributed by atoms with Crippen molar-refractivity contribution in [2.45, 2.75) is 58.3 Å². The molecule has 142 valence electrons. The first-order chi connectivity index (χ1) is 13.2. The van der Waals surface area contributed by atoms with E-state index in [1.807, 2.05) is 24.3 Å². The third-order valence-electron chi connectivity index (χ3n) is 5.62. The Morgan fingerprint density at radius 2 is 1.56 bits per heavy atom. The monoisotopic (exact) mass is 366 g/mol. The molecule has 0 radical (unpaired) electrons. The van der Waals surface area contributed by atoms with Crippen LogP contribution in [0.3, 0.4) is 0 Å². The molecule has 0 nitrogen and oxygen atoms in total. The summed E-state index contributed by atoms with van der Waals surface area (Å²) in [6, 6.07) is 11.7. The van der Waals surface area contributed by atoms with Gasteiger partial charge in [-0.1, -0.05) is 62.6 Å². The second-order valence-corrected chi connectivity index (χ2v) is 7.69. The molecule has 0 unspecified atom stereocenters. The van der Waals surface area contributed by atoms with E-state index in [0.717, 1.165) is 23.1 Å². The van der Waals surface area contributed by atoms with Crippen LogP contribution in [-0.4, -0.2) is 0 Å². The predicted octanol–water partition coefficient (Wildman–Crippen LogP) is 7.37. The second-order valence-electron chi connectivity index (χ2n) is 7.69. The highest BCUT2D eigenvalue weighted by atomic mass is 19.2. The molecule has 3 rings (SSSR count). The fourth-order valence-corrected chi connectivity index (χ4v) is 3.89. The van der Waals surface area contributed by atoms with Crippen LogP contribution in [0.25, 0.3) is 11.1 Å². The highest BCUT2D eigenvalue weighted by Crippen LogP contribution is 2.31. The molecule has 1 aliphatic carbocycles. The van der Waals surface area contributed by atoms with Crippen LogP contribution in [0.2, 0.25) is 0 Å². The molecular formula is C25H28F2. The van der Waals surface area contributed by atoms with Gasteiger partial charge in [-0.15, -0.1) is 0 Å². The number of hydrogen-bond acceptors (Lipinski definition) is 0. The summed E-state index contributed by atoms with van der Waals surface area (Å²) < 4.78 is 26.5. The zero-order chi connectivity index (χ0) is 19.1. The Labute approximate surface area is 162 Å². The average molecular weight is 366 g/mol. The summed E-state index contributed by atoms with van der Waals surface area (Å²) in [5, 5.41) is 0. The topological polar surface area (TPSA) is 0 Å². The summed E-state index contributed by atoms with van der Waals surface area (Å²) in [4.78, 5) is 0. The number of hydrogen-bond donors (Lipinski definition) is 0. The lowest BCUT2D eigenvalue weighted by molar-refractivity contribution is 0.294. The van der Waals surface area contributed by atoms with Gasteiger partial charge in [-0.2, -0.15) is 0 Å². The fourth-order valence-electron chi connectivity index (χ4n) is 3.89. The maximum atomic E-state index is 13.4. The van der Waals surface area contributed by atoms with Crippen molar-refractivity contribution in [3.05, 3.63) is 59.7 Å². The van der Waals surface area contributed by atoms with Crippen molar-refractivity contribution >= 4 is 0 Å². The van der Waals surface area contributed by atoms with E-state index < -0.39 is 11.6 Å². The highest BCUT2D eigenvalue weighted by Gasteiger charge is 2.19. The molecule has 0 aliphatic heterocycles. The Bertz CT molecular complexity index is 787. The fraction of sp³-hybridized carbons (Fsp3) is 0.440. The molecule has 0 heterocycles. The number of halogens is 2.